The Hall–Kier alpha value is -2.44. The fourth-order valence-electron chi connectivity index (χ4n) is 3.94. The average Bonchev–Trinajstić information content (AvgIpc) is 3.09. The normalized spacial score (nSPS) is 15.8. The van der Waals surface area contributed by atoms with Gasteiger partial charge in [0.05, 0.1) is 17.3 Å². The van der Waals surface area contributed by atoms with E-state index in [0.717, 1.165) is 48.5 Å². The first-order valence-electron chi connectivity index (χ1n) is 9.60. The van der Waals surface area contributed by atoms with E-state index in [2.05, 4.69) is 24.8 Å². The van der Waals surface area contributed by atoms with E-state index in [9.17, 15) is 4.79 Å². The van der Waals surface area contributed by atoms with Crippen LogP contribution in [0.2, 0.25) is 5.02 Å². The summed E-state index contributed by atoms with van der Waals surface area (Å²) >= 11 is 6.30. The molecule has 1 amide bonds. The van der Waals surface area contributed by atoms with Crippen LogP contribution in [-0.2, 0) is 4.79 Å². The molecule has 1 fully saturated rings. The van der Waals surface area contributed by atoms with Gasteiger partial charge in [0.25, 0.3) is 0 Å². The van der Waals surface area contributed by atoms with Crippen LogP contribution in [0.4, 0.5) is 5.69 Å². The lowest BCUT2D eigenvalue weighted by molar-refractivity contribution is -0.117. The maximum Gasteiger partial charge on any atom is 0.238 e. The van der Waals surface area contributed by atoms with E-state index in [-0.39, 0.29) is 5.91 Å². The Morgan fingerprint density at radius 3 is 2.75 bits per heavy atom. The highest BCUT2D eigenvalue weighted by Gasteiger charge is 2.25. The molecule has 1 aromatic carbocycles. The molecule has 6 nitrogen and oxygen atoms in total. The number of fused-ring (bicyclic) bond motifs is 1. The van der Waals surface area contributed by atoms with Crippen LogP contribution in [0.5, 0.6) is 0 Å². The molecule has 0 radical (unpaired) electrons. The zero-order valence-corrected chi connectivity index (χ0v) is 16.9. The van der Waals surface area contributed by atoms with E-state index >= 15 is 0 Å². The van der Waals surface area contributed by atoms with Gasteiger partial charge in [0.2, 0.25) is 5.91 Å². The van der Waals surface area contributed by atoms with E-state index in [4.69, 9.17) is 11.6 Å². The van der Waals surface area contributed by atoms with Gasteiger partial charge in [0.1, 0.15) is 5.82 Å². The molecule has 1 aliphatic rings. The third-order valence-corrected chi connectivity index (χ3v) is 5.65. The SMILES string of the molecule is Cc1cc(C)c(NC(=O)CN2CCC(c3nnc4ccccn34)CC2)c(Cl)c1. The Kier molecular flexibility index (Phi) is 5.33. The van der Waals surface area contributed by atoms with E-state index < -0.39 is 0 Å². The summed E-state index contributed by atoms with van der Waals surface area (Å²) in [6.45, 7) is 6.05. The summed E-state index contributed by atoms with van der Waals surface area (Å²) in [6, 6.07) is 9.83. The second kappa shape index (κ2) is 7.89. The first kappa shape index (κ1) is 18.9. The maximum absolute atomic E-state index is 12.5. The van der Waals surface area contributed by atoms with Gasteiger partial charge < -0.3 is 5.32 Å². The minimum absolute atomic E-state index is 0.0276. The largest absolute Gasteiger partial charge is 0.323 e. The predicted molar refractivity (Wildman–Crippen MR) is 111 cm³/mol. The van der Waals surface area contributed by atoms with Crippen LogP contribution in [0.3, 0.4) is 0 Å². The van der Waals surface area contributed by atoms with Crippen LogP contribution in [0.25, 0.3) is 5.65 Å². The van der Waals surface area contributed by atoms with Crippen molar-refractivity contribution >= 4 is 28.8 Å². The molecule has 1 N–H and O–H groups in total. The summed E-state index contributed by atoms with van der Waals surface area (Å²) in [5.74, 6) is 1.35. The lowest BCUT2D eigenvalue weighted by atomic mass is 9.96. The van der Waals surface area contributed by atoms with Crippen LogP contribution >= 0.6 is 11.6 Å². The first-order valence-corrected chi connectivity index (χ1v) is 9.97. The van der Waals surface area contributed by atoms with Gasteiger partial charge in [-0.15, -0.1) is 10.2 Å². The van der Waals surface area contributed by atoms with Crippen LogP contribution in [0, 0.1) is 13.8 Å². The number of carbonyl (C=O) groups excluding carboxylic acids is 1. The lowest BCUT2D eigenvalue weighted by Crippen LogP contribution is -2.39. The number of amides is 1. The summed E-state index contributed by atoms with van der Waals surface area (Å²) in [7, 11) is 0. The molecule has 1 saturated heterocycles. The number of piperidine rings is 1. The molecule has 146 valence electrons. The molecule has 3 heterocycles. The Labute approximate surface area is 169 Å². The van der Waals surface area contributed by atoms with Crippen molar-refractivity contribution in [3.8, 4) is 0 Å². The van der Waals surface area contributed by atoms with Crippen molar-refractivity contribution in [2.24, 2.45) is 0 Å². The molecule has 0 unspecified atom stereocenters. The molecule has 0 saturated carbocycles. The number of pyridine rings is 1. The number of likely N-dealkylation sites (tertiary alicyclic amines) is 1. The quantitative estimate of drug-likeness (QED) is 0.727. The molecule has 0 atom stereocenters. The van der Waals surface area contributed by atoms with Crippen LogP contribution in [0.15, 0.2) is 36.5 Å². The van der Waals surface area contributed by atoms with Crippen LogP contribution in [0.1, 0.15) is 35.7 Å². The highest BCUT2D eigenvalue weighted by Crippen LogP contribution is 2.29. The smallest absolute Gasteiger partial charge is 0.238 e. The van der Waals surface area contributed by atoms with Gasteiger partial charge >= 0.3 is 0 Å². The molecule has 0 spiro atoms. The van der Waals surface area contributed by atoms with Gasteiger partial charge in [-0.3, -0.25) is 14.1 Å². The van der Waals surface area contributed by atoms with Crippen molar-refractivity contribution in [2.45, 2.75) is 32.6 Å². The number of nitrogens with zero attached hydrogens (tertiary/aromatic N) is 4. The molecule has 3 aromatic rings. The minimum Gasteiger partial charge on any atom is -0.323 e. The van der Waals surface area contributed by atoms with Crippen molar-refractivity contribution < 1.29 is 4.79 Å². The van der Waals surface area contributed by atoms with Crippen molar-refractivity contribution in [2.75, 3.05) is 25.0 Å². The zero-order valence-electron chi connectivity index (χ0n) is 16.2. The number of benzene rings is 1. The fourth-order valence-corrected chi connectivity index (χ4v) is 4.31. The van der Waals surface area contributed by atoms with E-state index in [0.29, 0.717) is 23.2 Å². The summed E-state index contributed by atoms with van der Waals surface area (Å²) < 4.78 is 2.06. The molecule has 4 rings (SSSR count). The van der Waals surface area contributed by atoms with E-state index in [1.54, 1.807) is 0 Å². The number of nitrogens with one attached hydrogen (secondary N) is 1. The van der Waals surface area contributed by atoms with E-state index in [1.165, 1.54) is 0 Å². The Bertz CT molecular complexity index is 984. The number of hydrogen-bond donors (Lipinski definition) is 1. The first-order chi connectivity index (χ1) is 13.5. The van der Waals surface area contributed by atoms with Crippen molar-refractivity contribution in [3.63, 3.8) is 0 Å². The molecule has 28 heavy (non-hydrogen) atoms. The standard InChI is InChI=1S/C21H24ClN5O/c1-14-11-15(2)20(17(22)12-14)23-19(28)13-26-9-6-16(7-10-26)21-25-24-18-5-3-4-8-27(18)21/h3-5,8,11-12,16H,6-7,9-10,13H2,1-2H3,(H,23,28). The summed E-state index contributed by atoms with van der Waals surface area (Å²) in [5.41, 5.74) is 3.66. The third-order valence-electron chi connectivity index (χ3n) is 5.36. The number of carbonyl (C=O) groups is 1. The topological polar surface area (TPSA) is 62.5 Å². The number of hydrogen-bond acceptors (Lipinski definition) is 4. The van der Waals surface area contributed by atoms with Gasteiger partial charge in [-0.2, -0.15) is 0 Å². The second-order valence-electron chi connectivity index (χ2n) is 7.52. The Morgan fingerprint density at radius 2 is 2.00 bits per heavy atom. The lowest BCUT2D eigenvalue weighted by Gasteiger charge is -2.30. The monoisotopic (exact) mass is 397 g/mol. The second-order valence-corrected chi connectivity index (χ2v) is 7.93. The molecule has 0 aliphatic carbocycles. The number of halogens is 1. The minimum atomic E-state index is -0.0276. The summed E-state index contributed by atoms with van der Waals surface area (Å²) in [6.07, 6.45) is 3.94. The molecule has 1 aliphatic heterocycles. The third kappa shape index (κ3) is 3.88. The van der Waals surface area contributed by atoms with Gasteiger partial charge in [0, 0.05) is 12.1 Å². The molecular weight excluding hydrogens is 374 g/mol. The van der Waals surface area contributed by atoms with Gasteiger partial charge in [-0.05, 0) is 69.1 Å². The summed E-state index contributed by atoms with van der Waals surface area (Å²) in [4.78, 5) is 14.7. The maximum atomic E-state index is 12.5. The Morgan fingerprint density at radius 1 is 1.21 bits per heavy atom. The van der Waals surface area contributed by atoms with Crippen molar-refractivity contribution in [3.05, 3.63) is 58.5 Å². The number of rotatable bonds is 4. The molecule has 0 bridgehead atoms. The number of anilines is 1. The van der Waals surface area contributed by atoms with E-state index in [1.807, 2.05) is 50.4 Å². The molecule has 7 heteroatoms. The van der Waals surface area contributed by atoms with Crippen LogP contribution < -0.4 is 5.32 Å². The highest BCUT2D eigenvalue weighted by molar-refractivity contribution is 6.34. The molecular formula is C21H24ClN5O. The molecule has 2 aromatic heterocycles. The highest BCUT2D eigenvalue weighted by atomic mass is 35.5. The van der Waals surface area contributed by atoms with Gasteiger partial charge in [0.15, 0.2) is 5.65 Å². The number of aromatic nitrogens is 3. The van der Waals surface area contributed by atoms with Crippen LogP contribution in [-0.4, -0.2) is 45.0 Å². The van der Waals surface area contributed by atoms with Gasteiger partial charge in [-0.25, -0.2) is 0 Å². The summed E-state index contributed by atoms with van der Waals surface area (Å²) in [5, 5.41) is 12.2. The fraction of sp³-hybridized carbons (Fsp3) is 0.381. The average molecular weight is 398 g/mol. The van der Waals surface area contributed by atoms with Crippen molar-refractivity contribution in [1.82, 2.24) is 19.5 Å². The zero-order chi connectivity index (χ0) is 19.7. The van der Waals surface area contributed by atoms with Gasteiger partial charge in [-0.1, -0.05) is 23.7 Å². The predicted octanol–water partition coefficient (Wildman–Crippen LogP) is 3.82. The van der Waals surface area contributed by atoms with Crippen molar-refractivity contribution in [1.29, 1.82) is 0 Å². The Balaban J connectivity index is 1.35. The number of aryl methyl sites for hydroxylation is 2.